The second-order valence-electron chi connectivity index (χ2n) is 3.37. The molecule has 0 aromatic heterocycles. The van der Waals surface area contributed by atoms with Crippen LogP contribution in [-0.4, -0.2) is 42.4 Å². The number of nitrogens with two attached hydrogens (primary N) is 1. The van der Waals surface area contributed by atoms with Gasteiger partial charge in [-0.2, -0.15) is 13.2 Å². The van der Waals surface area contributed by atoms with Gasteiger partial charge in [-0.1, -0.05) is 0 Å². The number of aliphatic hydroxyl groups excluding tert-OH is 1. The Morgan fingerprint density at radius 2 is 2.13 bits per heavy atom. The SMILES string of the molecule is CCO[C@@H]1C[C@H](N)[C@H](O)[C@H](C(F)(F)F)O1. The van der Waals surface area contributed by atoms with Crippen molar-refractivity contribution in [3.8, 4) is 0 Å². The maximum atomic E-state index is 12.4. The van der Waals surface area contributed by atoms with E-state index < -0.39 is 30.7 Å². The predicted molar refractivity (Wildman–Crippen MR) is 44.9 cm³/mol. The zero-order valence-electron chi connectivity index (χ0n) is 8.20. The van der Waals surface area contributed by atoms with E-state index in [1.807, 2.05) is 0 Å². The Kier molecular flexibility index (Phi) is 3.93. The second kappa shape index (κ2) is 4.65. The molecule has 4 nitrogen and oxygen atoms in total. The lowest BCUT2D eigenvalue weighted by Gasteiger charge is -2.38. The summed E-state index contributed by atoms with van der Waals surface area (Å²) in [6.07, 6.45) is -9.58. The average molecular weight is 229 g/mol. The van der Waals surface area contributed by atoms with E-state index in [1.165, 1.54) is 0 Å². The van der Waals surface area contributed by atoms with E-state index in [2.05, 4.69) is 4.74 Å². The van der Waals surface area contributed by atoms with E-state index in [0.717, 1.165) is 0 Å². The molecule has 0 unspecified atom stereocenters. The van der Waals surface area contributed by atoms with Gasteiger partial charge >= 0.3 is 6.18 Å². The average Bonchev–Trinajstić information content (AvgIpc) is 2.09. The van der Waals surface area contributed by atoms with Crippen LogP contribution in [0.5, 0.6) is 0 Å². The third-order valence-electron chi connectivity index (χ3n) is 2.19. The maximum Gasteiger partial charge on any atom is 0.417 e. The number of hydrogen-bond donors (Lipinski definition) is 2. The lowest BCUT2D eigenvalue weighted by atomic mass is 9.99. The van der Waals surface area contributed by atoms with Crippen LogP contribution in [0.3, 0.4) is 0 Å². The number of aliphatic hydroxyl groups is 1. The van der Waals surface area contributed by atoms with Gasteiger partial charge in [-0.3, -0.25) is 0 Å². The Balaban J connectivity index is 2.68. The van der Waals surface area contributed by atoms with Gasteiger partial charge in [0.25, 0.3) is 0 Å². The minimum Gasteiger partial charge on any atom is -0.388 e. The molecule has 0 bridgehead atoms. The van der Waals surface area contributed by atoms with Gasteiger partial charge in [0.2, 0.25) is 0 Å². The number of hydrogen-bond acceptors (Lipinski definition) is 4. The monoisotopic (exact) mass is 229 g/mol. The molecule has 7 heteroatoms. The Morgan fingerprint density at radius 1 is 1.53 bits per heavy atom. The highest BCUT2D eigenvalue weighted by Crippen LogP contribution is 2.32. The molecule has 0 saturated carbocycles. The lowest BCUT2D eigenvalue weighted by Crippen LogP contribution is -2.58. The van der Waals surface area contributed by atoms with Crippen molar-refractivity contribution < 1.29 is 27.8 Å². The van der Waals surface area contributed by atoms with E-state index in [9.17, 15) is 18.3 Å². The molecule has 0 aliphatic carbocycles. The first-order valence-electron chi connectivity index (χ1n) is 4.63. The van der Waals surface area contributed by atoms with Crippen molar-refractivity contribution in [1.29, 1.82) is 0 Å². The summed E-state index contributed by atoms with van der Waals surface area (Å²) in [5.41, 5.74) is 5.38. The molecule has 0 radical (unpaired) electrons. The van der Waals surface area contributed by atoms with Crippen LogP contribution in [0, 0.1) is 0 Å². The summed E-state index contributed by atoms with van der Waals surface area (Å²) in [5.74, 6) is 0. The van der Waals surface area contributed by atoms with Crippen LogP contribution in [0.2, 0.25) is 0 Å². The fraction of sp³-hybridized carbons (Fsp3) is 1.00. The maximum absolute atomic E-state index is 12.4. The van der Waals surface area contributed by atoms with E-state index in [-0.39, 0.29) is 13.0 Å². The first-order chi connectivity index (χ1) is 6.86. The van der Waals surface area contributed by atoms with Crippen molar-refractivity contribution >= 4 is 0 Å². The van der Waals surface area contributed by atoms with Crippen LogP contribution in [0.25, 0.3) is 0 Å². The van der Waals surface area contributed by atoms with Crippen molar-refractivity contribution in [2.45, 2.75) is 44.1 Å². The third-order valence-corrected chi connectivity index (χ3v) is 2.19. The molecular weight excluding hydrogens is 215 g/mol. The molecule has 15 heavy (non-hydrogen) atoms. The van der Waals surface area contributed by atoms with Gasteiger partial charge in [-0.05, 0) is 6.92 Å². The van der Waals surface area contributed by atoms with Gasteiger partial charge in [0.15, 0.2) is 12.4 Å². The molecule has 3 N–H and O–H groups in total. The predicted octanol–water partition coefficient (Wildman–Crippen LogP) is 0.388. The van der Waals surface area contributed by atoms with Gasteiger partial charge in [0.1, 0.15) is 6.10 Å². The normalized spacial score (nSPS) is 38.0. The highest BCUT2D eigenvalue weighted by molar-refractivity contribution is 4.89. The molecule has 4 atom stereocenters. The first-order valence-corrected chi connectivity index (χ1v) is 4.63. The molecule has 1 aliphatic rings. The summed E-state index contributed by atoms with van der Waals surface area (Å²) in [6, 6.07) is -0.984. The lowest BCUT2D eigenvalue weighted by molar-refractivity contribution is -0.314. The van der Waals surface area contributed by atoms with Crippen molar-refractivity contribution in [3.05, 3.63) is 0 Å². The Hall–Kier alpha value is -0.370. The standard InChI is InChI=1S/C8H14F3NO3/c1-2-14-5-3-4(12)6(13)7(15-5)8(9,10)11/h4-7,13H,2-3,12H2,1H3/t4-,5-,6-,7+/m0/s1. The summed E-state index contributed by atoms with van der Waals surface area (Å²) in [4.78, 5) is 0. The fourth-order valence-electron chi connectivity index (χ4n) is 1.45. The molecule has 1 heterocycles. The van der Waals surface area contributed by atoms with Crippen molar-refractivity contribution in [2.24, 2.45) is 5.73 Å². The molecule has 0 spiro atoms. The van der Waals surface area contributed by atoms with Crippen molar-refractivity contribution in [3.63, 3.8) is 0 Å². The third kappa shape index (κ3) is 3.04. The molecule has 1 saturated heterocycles. The minimum atomic E-state index is -4.63. The second-order valence-corrected chi connectivity index (χ2v) is 3.37. The number of halogens is 3. The smallest absolute Gasteiger partial charge is 0.388 e. The Morgan fingerprint density at radius 3 is 2.60 bits per heavy atom. The molecule has 1 fully saturated rings. The van der Waals surface area contributed by atoms with E-state index in [1.54, 1.807) is 6.92 Å². The summed E-state index contributed by atoms with van der Waals surface area (Å²) >= 11 is 0. The van der Waals surface area contributed by atoms with Crippen LogP contribution in [0.15, 0.2) is 0 Å². The van der Waals surface area contributed by atoms with Gasteiger partial charge in [-0.15, -0.1) is 0 Å². The summed E-state index contributed by atoms with van der Waals surface area (Å²) in [7, 11) is 0. The molecule has 0 aromatic rings. The van der Waals surface area contributed by atoms with E-state index in [4.69, 9.17) is 10.5 Å². The van der Waals surface area contributed by atoms with E-state index in [0.29, 0.717) is 0 Å². The molecular formula is C8H14F3NO3. The van der Waals surface area contributed by atoms with Gasteiger partial charge < -0.3 is 20.3 Å². The number of ether oxygens (including phenoxy) is 2. The number of alkyl halides is 3. The largest absolute Gasteiger partial charge is 0.417 e. The quantitative estimate of drug-likeness (QED) is 0.718. The van der Waals surface area contributed by atoms with Crippen LogP contribution in [-0.2, 0) is 9.47 Å². The molecule has 0 amide bonds. The minimum absolute atomic E-state index is 0.0571. The Bertz CT molecular complexity index is 212. The Labute approximate surface area is 85.1 Å². The zero-order chi connectivity index (χ0) is 11.6. The zero-order valence-corrected chi connectivity index (χ0v) is 8.20. The molecule has 1 rings (SSSR count). The first kappa shape index (κ1) is 12.7. The van der Waals surface area contributed by atoms with Crippen molar-refractivity contribution in [1.82, 2.24) is 0 Å². The van der Waals surface area contributed by atoms with Crippen LogP contribution in [0.1, 0.15) is 13.3 Å². The highest BCUT2D eigenvalue weighted by atomic mass is 19.4. The fourth-order valence-corrected chi connectivity index (χ4v) is 1.45. The highest BCUT2D eigenvalue weighted by Gasteiger charge is 2.51. The molecule has 90 valence electrons. The van der Waals surface area contributed by atoms with Crippen molar-refractivity contribution in [2.75, 3.05) is 6.61 Å². The topological polar surface area (TPSA) is 64.7 Å². The van der Waals surface area contributed by atoms with Gasteiger partial charge in [-0.25, -0.2) is 0 Å². The summed E-state index contributed by atoms with van der Waals surface area (Å²) in [5, 5.41) is 9.23. The van der Waals surface area contributed by atoms with Crippen LogP contribution in [0.4, 0.5) is 13.2 Å². The van der Waals surface area contributed by atoms with E-state index >= 15 is 0 Å². The van der Waals surface area contributed by atoms with Crippen LogP contribution >= 0.6 is 0 Å². The number of rotatable bonds is 2. The van der Waals surface area contributed by atoms with Gasteiger partial charge in [0, 0.05) is 19.1 Å². The van der Waals surface area contributed by atoms with Gasteiger partial charge in [0.05, 0.1) is 0 Å². The molecule has 0 aromatic carbocycles. The summed E-state index contributed by atoms with van der Waals surface area (Å²) < 4.78 is 46.7. The van der Waals surface area contributed by atoms with Crippen LogP contribution < -0.4 is 5.73 Å². The summed E-state index contributed by atoms with van der Waals surface area (Å²) in [6.45, 7) is 1.88. The molecule has 1 aliphatic heterocycles.